The van der Waals surface area contributed by atoms with Crippen molar-refractivity contribution in [2.24, 2.45) is 7.05 Å². The fourth-order valence-electron chi connectivity index (χ4n) is 4.24. The van der Waals surface area contributed by atoms with E-state index in [2.05, 4.69) is 54.3 Å². The first-order valence-corrected chi connectivity index (χ1v) is 10.5. The van der Waals surface area contributed by atoms with Crippen molar-refractivity contribution in [2.45, 2.75) is 65.8 Å². The van der Waals surface area contributed by atoms with Crippen molar-refractivity contribution in [3.63, 3.8) is 0 Å². The molecule has 0 bridgehead atoms. The number of nitrogens with one attached hydrogen (secondary N) is 1. The molecule has 0 unspecified atom stereocenters. The van der Waals surface area contributed by atoms with E-state index < -0.39 is 0 Å². The van der Waals surface area contributed by atoms with Crippen LogP contribution in [-0.2, 0) is 36.1 Å². The Morgan fingerprint density at radius 3 is 2.45 bits per heavy atom. The Labute approximate surface area is 174 Å². The molecule has 1 amide bonds. The summed E-state index contributed by atoms with van der Waals surface area (Å²) in [6.45, 7) is 11.6. The molecule has 6 heteroatoms. The third-order valence-electron chi connectivity index (χ3n) is 5.74. The summed E-state index contributed by atoms with van der Waals surface area (Å²) >= 11 is 0. The molecule has 1 aliphatic rings. The summed E-state index contributed by atoms with van der Waals surface area (Å²) in [6, 6.07) is 8.38. The summed E-state index contributed by atoms with van der Waals surface area (Å²) in [7, 11) is 1.94. The van der Waals surface area contributed by atoms with Crippen LogP contribution < -0.4 is 5.32 Å². The number of hydrogen-bond acceptors (Lipinski definition) is 4. The molecular weight excluding hydrogens is 364 g/mol. The molecule has 0 radical (unpaired) electrons. The Kier molecular flexibility index (Phi) is 7.09. The number of aryl methyl sites for hydroxylation is 2. The summed E-state index contributed by atoms with van der Waals surface area (Å²) in [5.74, 6) is 0.0797. The number of benzene rings is 1. The van der Waals surface area contributed by atoms with Crippen molar-refractivity contribution >= 4 is 5.91 Å². The lowest BCUT2D eigenvalue weighted by atomic mass is 10.1. The smallest absolute Gasteiger partial charge is 0.220 e. The van der Waals surface area contributed by atoms with Crippen molar-refractivity contribution in [3.05, 3.63) is 52.3 Å². The predicted octanol–water partition coefficient (Wildman–Crippen LogP) is 2.90. The zero-order chi connectivity index (χ0) is 21.0. The first kappa shape index (κ1) is 21.5. The Morgan fingerprint density at radius 2 is 1.83 bits per heavy atom. The van der Waals surface area contributed by atoms with Crippen LogP contribution in [0.25, 0.3) is 0 Å². The Hall–Kier alpha value is -2.18. The number of amides is 1. The number of morpholine rings is 1. The summed E-state index contributed by atoms with van der Waals surface area (Å²) in [5, 5.41) is 7.53. The number of nitrogens with zero attached hydrogens (tertiary/aromatic N) is 3. The zero-order valence-electron chi connectivity index (χ0n) is 18.4. The minimum Gasteiger partial charge on any atom is -0.373 e. The number of carbonyl (C=O) groups excluding carboxylic acids is 1. The molecule has 158 valence electrons. The van der Waals surface area contributed by atoms with E-state index in [1.807, 2.05) is 24.7 Å². The average Bonchev–Trinajstić information content (AvgIpc) is 2.90. The highest BCUT2D eigenvalue weighted by Crippen LogP contribution is 2.17. The molecule has 1 aromatic heterocycles. The standard InChI is InChI=1S/C23H34N4O2/c1-16-13-27(14-17(2)29-16)15-21-9-7-6-8-20(21)12-24-23(28)11-10-22-18(3)25-26(5)19(22)4/h6-9,16-17H,10-15H2,1-5H3,(H,24,28)/t16-,17+. The lowest BCUT2D eigenvalue weighted by Gasteiger charge is -2.35. The monoisotopic (exact) mass is 398 g/mol. The van der Waals surface area contributed by atoms with Crippen molar-refractivity contribution in [3.8, 4) is 0 Å². The first-order valence-electron chi connectivity index (χ1n) is 10.5. The minimum atomic E-state index is 0.0797. The SMILES string of the molecule is Cc1nn(C)c(C)c1CCC(=O)NCc1ccccc1CN1C[C@@H](C)O[C@@H](C)C1. The van der Waals surface area contributed by atoms with Crippen LogP contribution in [0, 0.1) is 13.8 Å². The maximum Gasteiger partial charge on any atom is 0.220 e. The molecule has 0 saturated carbocycles. The maximum absolute atomic E-state index is 12.4. The van der Waals surface area contributed by atoms with E-state index in [0.717, 1.165) is 37.4 Å². The molecular formula is C23H34N4O2. The van der Waals surface area contributed by atoms with Crippen LogP contribution in [0.15, 0.2) is 24.3 Å². The highest BCUT2D eigenvalue weighted by atomic mass is 16.5. The second kappa shape index (κ2) is 9.55. The van der Waals surface area contributed by atoms with E-state index in [1.54, 1.807) is 0 Å². The summed E-state index contributed by atoms with van der Waals surface area (Å²) < 4.78 is 7.72. The van der Waals surface area contributed by atoms with Gasteiger partial charge in [0.05, 0.1) is 17.9 Å². The van der Waals surface area contributed by atoms with Gasteiger partial charge >= 0.3 is 0 Å². The molecule has 1 fully saturated rings. The third-order valence-corrected chi connectivity index (χ3v) is 5.74. The van der Waals surface area contributed by atoms with Gasteiger partial charge in [-0.3, -0.25) is 14.4 Å². The topological polar surface area (TPSA) is 59.4 Å². The molecule has 0 spiro atoms. The van der Waals surface area contributed by atoms with Gasteiger partial charge in [-0.2, -0.15) is 5.10 Å². The fourth-order valence-corrected chi connectivity index (χ4v) is 4.24. The van der Waals surface area contributed by atoms with Gasteiger partial charge in [0.25, 0.3) is 0 Å². The van der Waals surface area contributed by atoms with E-state index in [1.165, 1.54) is 16.7 Å². The second-order valence-electron chi connectivity index (χ2n) is 8.27. The zero-order valence-corrected chi connectivity index (χ0v) is 18.4. The van der Waals surface area contributed by atoms with E-state index in [-0.39, 0.29) is 18.1 Å². The number of rotatable bonds is 7. The van der Waals surface area contributed by atoms with Gasteiger partial charge in [0.1, 0.15) is 0 Å². The Bertz CT molecular complexity index is 835. The van der Waals surface area contributed by atoms with Gasteiger partial charge in [0, 0.05) is 45.3 Å². The molecule has 1 aromatic carbocycles. The third kappa shape index (κ3) is 5.67. The highest BCUT2D eigenvalue weighted by molar-refractivity contribution is 5.76. The van der Waals surface area contributed by atoms with Crippen molar-refractivity contribution in [1.82, 2.24) is 20.0 Å². The van der Waals surface area contributed by atoms with Crippen molar-refractivity contribution < 1.29 is 9.53 Å². The molecule has 3 rings (SSSR count). The maximum atomic E-state index is 12.4. The Balaban J connectivity index is 1.54. The van der Waals surface area contributed by atoms with Gasteiger partial charge in [0.15, 0.2) is 0 Å². The molecule has 2 aromatic rings. The van der Waals surface area contributed by atoms with Gasteiger partial charge in [-0.05, 0) is 50.8 Å². The first-order chi connectivity index (χ1) is 13.8. The van der Waals surface area contributed by atoms with Gasteiger partial charge in [-0.15, -0.1) is 0 Å². The molecule has 1 saturated heterocycles. The van der Waals surface area contributed by atoms with Gasteiger partial charge in [0.2, 0.25) is 5.91 Å². The molecule has 1 N–H and O–H groups in total. The highest BCUT2D eigenvalue weighted by Gasteiger charge is 2.22. The van der Waals surface area contributed by atoms with Crippen LogP contribution in [0.4, 0.5) is 0 Å². The summed E-state index contributed by atoms with van der Waals surface area (Å²) in [6.07, 6.45) is 1.71. The van der Waals surface area contributed by atoms with E-state index in [9.17, 15) is 4.79 Å². The van der Waals surface area contributed by atoms with Crippen LogP contribution in [-0.4, -0.2) is 45.9 Å². The van der Waals surface area contributed by atoms with Crippen LogP contribution in [0.5, 0.6) is 0 Å². The predicted molar refractivity (Wildman–Crippen MR) is 115 cm³/mol. The molecule has 2 heterocycles. The summed E-state index contributed by atoms with van der Waals surface area (Å²) in [5.41, 5.74) is 5.78. The minimum absolute atomic E-state index is 0.0797. The molecule has 29 heavy (non-hydrogen) atoms. The fraction of sp³-hybridized carbons (Fsp3) is 0.565. The van der Waals surface area contributed by atoms with Crippen LogP contribution >= 0.6 is 0 Å². The largest absolute Gasteiger partial charge is 0.373 e. The molecule has 0 aliphatic carbocycles. The molecule has 6 nitrogen and oxygen atoms in total. The van der Waals surface area contributed by atoms with Gasteiger partial charge in [-0.1, -0.05) is 24.3 Å². The van der Waals surface area contributed by atoms with E-state index in [4.69, 9.17) is 4.74 Å². The Morgan fingerprint density at radius 1 is 1.17 bits per heavy atom. The number of carbonyl (C=O) groups is 1. The number of aromatic nitrogens is 2. The average molecular weight is 399 g/mol. The second-order valence-corrected chi connectivity index (χ2v) is 8.27. The van der Waals surface area contributed by atoms with Crippen LogP contribution in [0.1, 0.15) is 48.3 Å². The molecule has 2 atom stereocenters. The van der Waals surface area contributed by atoms with Crippen LogP contribution in [0.2, 0.25) is 0 Å². The van der Waals surface area contributed by atoms with Crippen LogP contribution in [0.3, 0.4) is 0 Å². The normalized spacial score (nSPS) is 20.0. The van der Waals surface area contributed by atoms with Gasteiger partial charge < -0.3 is 10.1 Å². The number of hydrogen-bond donors (Lipinski definition) is 1. The lowest BCUT2D eigenvalue weighted by molar-refractivity contribution is -0.121. The summed E-state index contributed by atoms with van der Waals surface area (Å²) in [4.78, 5) is 14.9. The molecule has 1 aliphatic heterocycles. The number of ether oxygens (including phenoxy) is 1. The van der Waals surface area contributed by atoms with Crippen molar-refractivity contribution in [2.75, 3.05) is 13.1 Å². The van der Waals surface area contributed by atoms with Gasteiger partial charge in [-0.25, -0.2) is 0 Å². The lowest BCUT2D eigenvalue weighted by Crippen LogP contribution is -2.45. The van der Waals surface area contributed by atoms with E-state index in [0.29, 0.717) is 13.0 Å². The van der Waals surface area contributed by atoms with Crippen molar-refractivity contribution in [1.29, 1.82) is 0 Å². The van der Waals surface area contributed by atoms with E-state index >= 15 is 0 Å². The quantitative estimate of drug-likeness (QED) is 0.779.